The van der Waals surface area contributed by atoms with Crippen molar-refractivity contribution >= 4 is 16.9 Å². The highest BCUT2D eigenvalue weighted by molar-refractivity contribution is 5.82. The van der Waals surface area contributed by atoms with E-state index in [9.17, 15) is 4.79 Å². The summed E-state index contributed by atoms with van der Waals surface area (Å²) in [7, 11) is 0. The van der Waals surface area contributed by atoms with E-state index in [1.165, 1.54) is 0 Å². The third-order valence-electron chi connectivity index (χ3n) is 2.96. The Kier molecular flexibility index (Phi) is 4.16. The van der Waals surface area contributed by atoms with Crippen molar-refractivity contribution in [1.29, 1.82) is 0 Å². The Hall–Kier alpha value is -1.88. The average molecular weight is 260 g/mol. The van der Waals surface area contributed by atoms with Gasteiger partial charge in [-0.1, -0.05) is 0 Å². The zero-order valence-corrected chi connectivity index (χ0v) is 11.5. The van der Waals surface area contributed by atoms with Crippen molar-refractivity contribution in [2.75, 3.05) is 0 Å². The van der Waals surface area contributed by atoms with Crippen LogP contribution in [0, 0.1) is 0 Å². The van der Waals surface area contributed by atoms with E-state index in [0.29, 0.717) is 6.54 Å². The lowest BCUT2D eigenvalue weighted by Gasteiger charge is -2.15. The highest BCUT2D eigenvalue weighted by atomic mass is 16.2. The number of aromatic nitrogens is 2. The van der Waals surface area contributed by atoms with E-state index in [1.807, 2.05) is 39.1 Å². The molecule has 2 aromatic heterocycles. The minimum Gasteiger partial charge on any atom is -0.353 e. The predicted molar refractivity (Wildman–Crippen MR) is 75.7 cm³/mol. The maximum Gasteiger partial charge on any atom is 0.237 e. The van der Waals surface area contributed by atoms with Crippen molar-refractivity contribution in [2.24, 2.45) is 0 Å². The van der Waals surface area contributed by atoms with Gasteiger partial charge in [-0.05, 0) is 38.5 Å². The summed E-state index contributed by atoms with van der Waals surface area (Å²) in [5.41, 5.74) is 1.99. The number of fused-ring (bicyclic) bond motifs is 1. The minimum absolute atomic E-state index is 0.0213. The van der Waals surface area contributed by atoms with Gasteiger partial charge in [-0.2, -0.15) is 0 Å². The van der Waals surface area contributed by atoms with E-state index in [-0.39, 0.29) is 18.0 Å². The van der Waals surface area contributed by atoms with Gasteiger partial charge in [-0.25, -0.2) is 4.98 Å². The van der Waals surface area contributed by atoms with Gasteiger partial charge in [0.1, 0.15) is 5.65 Å². The van der Waals surface area contributed by atoms with Gasteiger partial charge in [-0.3, -0.25) is 4.79 Å². The molecule has 2 aromatic rings. The summed E-state index contributed by atoms with van der Waals surface area (Å²) in [6, 6.07) is 3.88. The Labute approximate surface area is 112 Å². The van der Waals surface area contributed by atoms with Gasteiger partial charge in [-0.15, -0.1) is 0 Å². The molecule has 1 amide bonds. The fraction of sp³-hybridized carbons (Fsp3) is 0.429. The molecule has 0 spiro atoms. The molecule has 0 aromatic carbocycles. The molecule has 102 valence electrons. The largest absolute Gasteiger partial charge is 0.353 e. The maximum atomic E-state index is 11.8. The quantitative estimate of drug-likeness (QED) is 0.764. The lowest BCUT2D eigenvalue weighted by Crippen LogP contribution is -2.44. The van der Waals surface area contributed by atoms with Crippen molar-refractivity contribution in [3.63, 3.8) is 0 Å². The first-order chi connectivity index (χ1) is 9.08. The summed E-state index contributed by atoms with van der Waals surface area (Å²) in [4.78, 5) is 19.1. The molecule has 0 saturated carbocycles. The zero-order valence-electron chi connectivity index (χ0n) is 11.5. The van der Waals surface area contributed by atoms with Crippen LogP contribution in [0.15, 0.2) is 24.5 Å². The van der Waals surface area contributed by atoms with E-state index in [4.69, 9.17) is 0 Å². The molecular formula is C14H20N4O. The number of nitrogens with one attached hydrogen (secondary N) is 3. The number of carbonyl (C=O) groups excluding carboxylic acids is 1. The van der Waals surface area contributed by atoms with Gasteiger partial charge in [0.25, 0.3) is 0 Å². The molecular weight excluding hydrogens is 240 g/mol. The van der Waals surface area contributed by atoms with Crippen LogP contribution in [0.5, 0.6) is 0 Å². The molecule has 3 N–H and O–H groups in total. The fourth-order valence-corrected chi connectivity index (χ4v) is 1.92. The first-order valence-electron chi connectivity index (χ1n) is 6.52. The van der Waals surface area contributed by atoms with Gasteiger partial charge in [0.15, 0.2) is 0 Å². The van der Waals surface area contributed by atoms with Gasteiger partial charge in [0, 0.05) is 30.4 Å². The van der Waals surface area contributed by atoms with Gasteiger partial charge < -0.3 is 15.6 Å². The number of pyridine rings is 1. The Balaban J connectivity index is 1.97. The molecule has 5 heteroatoms. The first kappa shape index (κ1) is 13.5. The summed E-state index contributed by atoms with van der Waals surface area (Å²) >= 11 is 0. The van der Waals surface area contributed by atoms with Crippen LogP contribution in [0.1, 0.15) is 26.3 Å². The van der Waals surface area contributed by atoms with E-state index >= 15 is 0 Å². The van der Waals surface area contributed by atoms with Gasteiger partial charge in [0.2, 0.25) is 5.91 Å². The van der Waals surface area contributed by atoms with Crippen molar-refractivity contribution in [1.82, 2.24) is 20.6 Å². The Bertz CT molecular complexity index is 561. The molecule has 19 heavy (non-hydrogen) atoms. The second-order valence-electron chi connectivity index (χ2n) is 4.98. The number of rotatable bonds is 5. The monoisotopic (exact) mass is 260 g/mol. The summed E-state index contributed by atoms with van der Waals surface area (Å²) in [6.45, 7) is 6.41. The first-order valence-corrected chi connectivity index (χ1v) is 6.52. The molecule has 5 nitrogen and oxygen atoms in total. The van der Waals surface area contributed by atoms with Crippen LogP contribution in [0.3, 0.4) is 0 Å². The SMILES string of the molecule is CC(C)NC(=O)C(C)NCc1c[nH]c2ncccc12. The van der Waals surface area contributed by atoms with E-state index < -0.39 is 0 Å². The molecule has 2 rings (SSSR count). The molecule has 0 bridgehead atoms. The maximum absolute atomic E-state index is 11.8. The van der Waals surface area contributed by atoms with E-state index in [2.05, 4.69) is 20.6 Å². The second-order valence-corrected chi connectivity index (χ2v) is 4.98. The summed E-state index contributed by atoms with van der Waals surface area (Å²) in [6.07, 6.45) is 3.69. The van der Waals surface area contributed by atoms with Crippen molar-refractivity contribution in [3.8, 4) is 0 Å². The smallest absolute Gasteiger partial charge is 0.237 e. The normalized spacial score (nSPS) is 12.8. The van der Waals surface area contributed by atoms with E-state index in [1.54, 1.807) is 6.20 Å². The molecule has 1 unspecified atom stereocenters. The number of hydrogen-bond donors (Lipinski definition) is 3. The predicted octanol–water partition coefficient (Wildman–Crippen LogP) is 1.57. The molecule has 0 aliphatic carbocycles. The number of aromatic amines is 1. The van der Waals surface area contributed by atoms with Gasteiger partial charge >= 0.3 is 0 Å². The third-order valence-corrected chi connectivity index (χ3v) is 2.96. The van der Waals surface area contributed by atoms with Crippen LogP contribution >= 0.6 is 0 Å². The standard InChI is InChI=1S/C14H20N4O/c1-9(2)18-14(19)10(3)16-7-11-8-17-13-12(11)5-4-6-15-13/h4-6,8-10,16H,7H2,1-3H3,(H,15,17)(H,18,19). The second kappa shape index (κ2) is 5.84. The van der Waals surface area contributed by atoms with Crippen LogP contribution in [0.4, 0.5) is 0 Å². The average Bonchev–Trinajstić information content (AvgIpc) is 2.78. The van der Waals surface area contributed by atoms with E-state index in [0.717, 1.165) is 16.6 Å². The molecule has 2 heterocycles. The summed E-state index contributed by atoms with van der Waals surface area (Å²) < 4.78 is 0. The molecule has 0 fully saturated rings. The minimum atomic E-state index is -0.218. The van der Waals surface area contributed by atoms with Crippen molar-refractivity contribution < 1.29 is 4.79 Å². The molecule has 1 atom stereocenters. The summed E-state index contributed by atoms with van der Waals surface area (Å²) in [5.74, 6) is 0.0213. The van der Waals surface area contributed by atoms with Crippen LogP contribution in [0.25, 0.3) is 11.0 Å². The number of H-pyrrole nitrogens is 1. The summed E-state index contributed by atoms with van der Waals surface area (Å²) in [5, 5.41) is 7.20. The fourth-order valence-electron chi connectivity index (χ4n) is 1.92. The molecule has 0 aliphatic rings. The highest BCUT2D eigenvalue weighted by Gasteiger charge is 2.13. The van der Waals surface area contributed by atoms with Gasteiger partial charge in [0.05, 0.1) is 6.04 Å². The number of amides is 1. The molecule has 0 saturated heterocycles. The number of carbonyl (C=O) groups is 1. The Morgan fingerprint density at radius 2 is 2.21 bits per heavy atom. The highest BCUT2D eigenvalue weighted by Crippen LogP contribution is 2.15. The lowest BCUT2D eigenvalue weighted by atomic mass is 10.2. The number of hydrogen-bond acceptors (Lipinski definition) is 3. The number of nitrogens with zero attached hydrogens (tertiary/aromatic N) is 1. The van der Waals surface area contributed by atoms with Crippen LogP contribution < -0.4 is 10.6 Å². The van der Waals surface area contributed by atoms with Crippen molar-refractivity contribution in [3.05, 3.63) is 30.1 Å². The molecule has 0 radical (unpaired) electrons. The lowest BCUT2D eigenvalue weighted by molar-refractivity contribution is -0.123. The zero-order chi connectivity index (χ0) is 13.8. The third kappa shape index (κ3) is 3.32. The topological polar surface area (TPSA) is 69.8 Å². The van der Waals surface area contributed by atoms with Crippen LogP contribution in [-0.2, 0) is 11.3 Å². The van der Waals surface area contributed by atoms with Crippen molar-refractivity contribution in [2.45, 2.75) is 39.4 Å². The van der Waals surface area contributed by atoms with Crippen LogP contribution in [0.2, 0.25) is 0 Å². The Morgan fingerprint density at radius 1 is 1.42 bits per heavy atom. The Morgan fingerprint density at radius 3 is 2.95 bits per heavy atom. The van der Waals surface area contributed by atoms with Crippen LogP contribution in [-0.4, -0.2) is 28.0 Å². The molecule has 0 aliphatic heterocycles.